The van der Waals surface area contributed by atoms with Crippen LogP contribution in [0.3, 0.4) is 0 Å². The van der Waals surface area contributed by atoms with E-state index >= 15 is 0 Å². The number of fused-ring (bicyclic) bond motifs is 1. The van der Waals surface area contributed by atoms with E-state index < -0.39 is 14.9 Å². The molecule has 23 heavy (non-hydrogen) atoms. The zero-order valence-electron chi connectivity index (χ0n) is 11.7. The predicted molar refractivity (Wildman–Crippen MR) is 85.6 cm³/mol. The van der Waals surface area contributed by atoms with Gasteiger partial charge in [-0.2, -0.15) is 0 Å². The molecule has 0 radical (unpaired) electrons. The average Bonchev–Trinajstić information content (AvgIpc) is 2.54. The molecule has 0 bridgehead atoms. The molecular weight excluding hydrogens is 318 g/mol. The molecule has 0 unspecified atom stereocenters. The zero-order chi connectivity index (χ0) is 16.4. The maximum Gasteiger partial charge on any atom is 0.270 e. The molecule has 0 fully saturated rings. The van der Waals surface area contributed by atoms with Gasteiger partial charge in [-0.1, -0.05) is 24.3 Å². The van der Waals surface area contributed by atoms with Crippen molar-refractivity contribution in [2.24, 2.45) is 0 Å². The fraction of sp³-hybridized carbons (Fsp3) is 0. The van der Waals surface area contributed by atoms with Crippen LogP contribution >= 0.6 is 0 Å². The van der Waals surface area contributed by atoms with Crippen molar-refractivity contribution in [3.05, 3.63) is 70.8 Å². The third kappa shape index (κ3) is 3.11. The van der Waals surface area contributed by atoms with Crippen molar-refractivity contribution in [2.45, 2.75) is 4.90 Å². The smallest absolute Gasteiger partial charge is 0.263 e. The summed E-state index contributed by atoms with van der Waals surface area (Å²) in [5.74, 6) is 0.148. The highest BCUT2D eigenvalue weighted by Crippen LogP contribution is 2.21. The Balaban J connectivity index is 1.96. The van der Waals surface area contributed by atoms with Crippen LogP contribution in [0.15, 0.2) is 65.6 Å². The molecule has 0 aliphatic heterocycles. The highest BCUT2D eigenvalue weighted by atomic mass is 32.2. The molecular formula is C15H11N3O4S. The lowest BCUT2D eigenvalue weighted by atomic mass is 10.2. The second kappa shape index (κ2) is 5.65. The Labute approximate surface area is 131 Å². The van der Waals surface area contributed by atoms with Gasteiger partial charge in [-0.25, -0.2) is 13.4 Å². The van der Waals surface area contributed by atoms with Crippen LogP contribution in [0.1, 0.15) is 0 Å². The summed E-state index contributed by atoms with van der Waals surface area (Å²) >= 11 is 0. The van der Waals surface area contributed by atoms with Gasteiger partial charge in [0.2, 0.25) is 0 Å². The number of nitro benzene ring substituents is 1. The first-order valence-electron chi connectivity index (χ1n) is 6.59. The molecule has 1 heterocycles. The monoisotopic (exact) mass is 329 g/mol. The fourth-order valence-electron chi connectivity index (χ4n) is 2.08. The Bertz CT molecular complexity index is 1000. The van der Waals surface area contributed by atoms with E-state index in [9.17, 15) is 18.5 Å². The summed E-state index contributed by atoms with van der Waals surface area (Å²) in [6.07, 6.45) is 0. The first-order valence-corrected chi connectivity index (χ1v) is 8.07. The zero-order valence-corrected chi connectivity index (χ0v) is 12.5. The SMILES string of the molecule is O=[N+]([O-])c1cccc(S(=O)(=O)Nc2ccc3ccccc3n2)c1. The second-order valence-corrected chi connectivity index (χ2v) is 6.43. The van der Waals surface area contributed by atoms with Gasteiger partial charge in [-0.15, -0.1) is 0 Å². The van der Waals surface area contributed by atoms with E-state index in [1.165, 1.54) is 24.3 Å². The number of nitrogens with one attached hydrogen (secondary N) is 1. The number of benzene rings is 2. The standard InChI is InChI=1S/C15H11N3O4S/c19-18(20)12-5-3-6-13(10-12)23(21,22)17-15-9-8-11-4-1-2-7-14(11)16-15/h1-10H,(H,16,17). The predicted octanol–water partition coefficient (Wildman–Crippen LogP) is 2.94. The number of nitro groups is 1. The molecule has 7 nitrogen and oxygen atoms in total. The van der Waals surface area contributed by atoms with Crippen molar-refractivity contribution in [2.75, 3.05) is 4.72 Å². The van der Waals surface area contributed by atoms with E-state index in [1.54, 1.807) is 18.2 Å². The van der Waals surface area contributed by atoms with Gasteiger partial charge < -0.3 is 0 Å². The Morgan fingerprint density at radius 3 is 2.57 bits per heavy atom. The fourth-order valence-corrected chi connectivity index (χ4v) is 3.12. The number of aromatic nitrogens is 1. The molecule has 1 aromatic heterocycles. The topological polar surface area (TPSA) is 102 Å². The van der Waals surface area contributed by atoms with E-state index in [0.29, 0.717) is 5.52 Å². The van der Waals surface area contributed by atoms with Gasteiger partial charge in [-0.3, -0.25) is 14.8 Å². The van der Waals surface area contributed by atoms with Gasteiger partial charge in [0.1, 0.15) is 5.82 Å². The molecule has 0 atom stereocenters. The Morgan fingerprint density at radius 1 is 1.00 bits per heavy atom. The lowest BCUT2D eigenvalue weighted by Crippen LogP contribution is -2.14. The normalized spacial score (nSPS) is 11.3. The summed E-state index contributed by atoms with van der Waals surface area (Å²) < 4.78 is 27.0. The van der Waals surface area contributed by atoms with Crippen molar-refractivity contribution >= 4 is 32.4 Å². The second-order valence-electron chi connectivity index (χ2n) is 4.75. The van der Waals surface area contributed by atoms with Crippen LogP contribution in [0.4, 0.5) is 11.5 Å². The van der Waals surface area contributed by atoms with Crippen molar-refractivity contribution in [1.82, 2.24) is 4.98 Å². The first-order chi connectivity index (χ1) is 11.0. The van der Waals surface area contributed by atoms with Crippen LogP contribution in [0.25, 0.3) is 10.9 Å². The van der Waals surface area contributed by atoms with Crippen LogP contribution in [0, 0.1) is 10.1 Å². The molecule has 1 N–H and O–H groups in total. The summed E-state index contributed by atoms with van der Waals surface area (Å²) in [7, 11) is -3.95. The van der Waals surface area contributed by atoms with Crippen molar-refractivity contribution < 1.29 is 13.3 Å². The van der Waals surface area contributed by atoms with Crippen molar-refractivity contribution in [1.29, 1.82) is 0 Å². The van der Waals surface area contributed by atoms with Gasteiger partial charge in [0.15, 0.2) is 0 Å². The number of hydrogen-bond acceptors (Lipinski definition) is 5. The number of nitrogens with zero attached hydrogens (tertiary/aromatic N) is 2. The van der Waals surface area contributed by atoms with E-state index in [0.717, 1.165) is 11.5 Å². The molecule has 0 amide bonds. The average molecular weight is 329 g/mol. The van der Waals surface area contributed by atoms with Crippen molar-refractivity contribution in [3.63, 3.8) is 0 Å². The van der Waals surface area contributed by atoms with E-state index in [4.69, 9.17) is 0 Å². The summed E-state index contributed by atoms with van der Waals surface area (Å²) in [5, 5.41) is 11.6. The Hall–Kier alpha value is -3.00. The third-order valence-electron chi connectivity index (χ3n) is 3.18. The number of anilines is 1. The maximum absolute atomic E-state index is 12.3. The molecule has 3 aromatic rings. The number of hydrogen-bond donors (Lipinski definition) is 1. The van der Waals surface area contributed by atoms with Crippen LogP contribution in [-0.4, -0.2) is 18.3 Å². The maximum atomic E-state index is 12.3. The van der Waals surface area contributed by atoms with Crippen LogP contribution in [-0.2, 0) is 10.0 Å². The molecule has 8 heteroatoms. The van der Waals surface area contributed by atoms with E-state index in [-0.39, 0.29) is 16.4 Å². The first kappa shape index (κ1) is 14.9. The summed E-state index contributed by atoms with van der Waals surface area (Å²) in [5.41, 5.74) is 0.353. The molecule has 0 aliphatic carbocycles. The van der Waals surface area contributed by atoms with Crippen molar-refractivity contribution in [3.8, 4) is 0 Å². The minimum Gasteiger partial charge on any atom is -0.263 e. The van der Waals surface area contributed by atoms with Crippen LogP contribution < -0.4 is 4.72 Å². The number of para-hydroxylation sites is 1. The molecule has 0 saturated heterocycles. The minimum atomic E-state index is -3.95. The summed E-state index contributed by atoms with van der Waals surface area (Å²) in [6.45, 7) is 0. The van der Waals surface area contributed by atoms with Crippen LogP contribution in [0.5, 0.6) is 0 Å². The van der Waals surface area contributed by atoms with Gasteiger partial charge >= 0.3 is 0 Å². The van der Waals surface area contributed by atoms with Gasteiger partial charge in [0, 0.05) is 17.5 Å². The van der Waals surface area contributed by atoms with E-state index in [2.05, 4.69) is 9.71 Å². The molecule has 0 spiro atoms. The molecule has 0 saturated carbocycles. The lowest BCUT2D eigenvalue weighted by molar-refractivity contribution is -0.385. The third-order valence-corrected chi connectivity index (χ3v) is 4.53. The van der Waals surface area contributed by atoms with Gasteiger partial charge in [-0.05, 0) is 24.3 Å². The number of sulfonamides is 1. The van der Waals surface area contributed by atoms with Gasteiger partial charge in [0.05, 0.1) is 15.3 Å². The molecule has 0 aliphatic rings. The number of rotatable bonds is 4. The van der Waals surface area contributed by atoms with Crippen LogP contribution in [0.2, 0.25) is 0 Å². The summed E-state index contributed by atoms with van der Waals surface area (Å²) in [6, 6.07) is 15.4. The number of non-ortho nitro benzene ring substituents is 1. The summed E-state index contributed by atoms with van der Waals surface area (Å²) in [4.78, 5) is 14.1. The Kier molecular flexibility index (Phi) is 3.67. The number of pyridine rings is 1. The van der Waals surface area contributed by atoms with E-state index in [1.807, 2.05) is 12.1 Å². The highest BCUT2D eigenvalue weighted by Gasteiger charge is 2.18. The molecule has 2 aromatic carbocycles. The highest BCUT2D eigenvalue weighted by molar-refractivity contribution is 7.92. The molecule has 116 valence electrons. The Morgan fingerprint density at radius 2 is 1.78 bits per heavy atom. The largest absolute Gasteiger partial charge is 0.270 e. The quantitative estimate of drug-likeness (QED) is 0.585. The lowest BCUT2D eigenvalue weighted by Gasteiger charge is -2.08. The minimum absolute atomic E-state index is 0.148. The van der Waals surface area contributed by atoms with Gasteiger partial charge in [0.25, 0.3) is 15.7 Å². The molecule has 3 rings (SSSR count).